The molecule has 0 aromatic heterocycles. The summed E-state index contributed by atoms with van der Waals surface area (Å²) in [6.07, 6.45) is 54.5. The third-order valence-corrected chi connectivity index (χ3v) is 9.30. The van der Waals surface area contributed by atoms with Gasteiger partial charge >= 0.3 is 11.9 Å². The highest BCUT2D eigenvalue weighted by atomic mass is 16.5. The zero-order chi connectivity index (χ0) is 35.7. The zero-order valence-corrected chi connectivity index (χ0v) is 32.5. The molecule has 1 atom stereocenters. The van der Waals surface area contributed by atoms with Crippen LogP contribution < -0.4 is 0 Å². The lowest BCUT2D eigenvalue weighted by atomic mass is 10.0. The first-order valence-corrected chi connectivity index (χ1v) is 21.1. The van der Waals surface area contributed by atoms with E-state index in [1.165, 1.54) is 128 Å². The number of unbranched alkanes of at least 4 members (excludes halogenated alkanes) is 23. The van der Waals surface area contributed by atoms with E-state index in [1.807, 2.05) is 6.08 Å². The third-order valence-electron chi connectivity index (χ3n) is 9.30. The Labute approximate surface area is 304 Å². The van der Waals surface area contributed by atoms with Crippen LogP contribution in [-0.4, -0.2) is 23.1 Å². The van der Waals surface area contributed by atoms with Crippen molar-refractivity contribution in [3.63, 3.8) is 0 Å². The minimum absolute atomic E-state index is 0.105. The van der Waals surface area contributed by atoms with Gasteiger partial charge in [0.05, 0.1) is 0 Å². The molecule has 0 aliphatic heterocycles. The summed E-state index contributed by atoms with van der Waals surface area (Å²) < 4.78 is 5.83. The molecule has 0 spiro atoms. The first-order chi connectivity index (χ1) is 24.1. The van der Waals surface area contributed by atoms with Crippen LogP contribution in [0.5, 0.6) is 0 Å². The van der Waals surface area contributed by atoms with E-state index in [9.17, 15) is 9.59 Å². The maximum atomic E-state index is 12.6. The van der Waals surface area contributed by atoms with Gasteiger partial charge in [-0.25, -0.2) is 0 Å². The predicted octanol–water partition coefficient (Wildman–Crippen LogP) is 14.7. The van der Waals surface area contributed by atoms with Crippen molar-refractivity contribution in [1.82, 2.24) is 0 Å². The van der Waals surface area contributed by atoms with Crippen molar-refractivity contribution < 1.29 is 19.4 Å². The molecule has 0 saturated heterocycles. The third kappa shape index (κ3) is 40.2. The van der Waals surface area contributed by atoms with Gasteiger partial charge in [-0.05, 0) is 57.4 Å². The number of carbonyl (C=O) groups excluding carboxylic acids is 1. The first-order valence-electron chi connectivity index (χ1n) is 21.1. The van der Waals surface area contributed by atoms with Crippen LogP contribution in [0.25, 0.3) is 0 Å². The Balaban J connectivity index is 3.87. The molecule has 4 nitrogen and oxygen atoms in total. The molecule has 0 saturated carbocycles. The number of hydrogen-bond acceptors (Lipinski definition) is 3. The van der Waals surface area contributed by atoms with Gasteiger partial charge in [0.15, 0.2) is 0 Å². The van der Waals surface area contributed by atoms with Crippen LogP contribution >= 0.6 is 0 Å². The Bertz CT molecular complexity index is 824. The average Bonchev–Trinajstić information content (AvgIpc) is 3.09. The summed E-state index contributed by atoms with van der Waals surface area (Å²) in [7, 11) is 0. The van der Waals surface area contributed by atoms with E-state index in [2.05, 4.69) is 56.4 Å². The second-order valence-corrected chi connectivity index (χ2v) is 14.2. The smallest absolute Gasteiger partial charge is 0.306 e. The highest BCUT2D eigenvalue weighted by molar-refractivity contribution is 5.69. The van der Waals surface area contributed by atoms with Crippen LogP contribution in [0, 0.1) is 0 Å². The highest BCUT2D eigenvalue weighted by Gasteiger charge is 2.11. The lowest BCUT2D eigenvalue weighted by Gasteiger charge is -2.14. The Morgan fingerprint density at radius 2 is 0.837 bits per heavy atom. The highest BCUT2D eigenvalue weighted by Crippen LogP contribution is 2.16. The second kappa shape index (κ2) is 40.3. The van der Waals surface area contributed by atoms with Crippen molar-refractivity contribution in [1.29, 1.82) is 0 Å². The van der Waals surface area contributed by atoms with Gasteiger partial charge in [0.2, 0.25) is 0 Å². The minimum atomic E-state index is -0.748. The molecule has 0 aromatic carbocycles. The van der Waals surface area contributed by atoms with Crippen molar-refractivity contribution in [3.05, 3.63) is 48.6 Å². The van der Waals surface area contributed by atoms with Crippen molar-refractivity contribution in [2.75, 3.05) is 0 Å². The van der Waals surface area contributed by atoms with Gasteiger partial charge < -0.3 is 9.84 Å². The molecule has 0 bridgehead atoms. The van der Waals surface area contributed by atoms with Crippen molar-refractivity contribution >= 4 is 11.9 Å². The van der Waals surface area contributed by atoms with Crippen LogP contribution in [0.2, 0.25) is 0 Å². The predicted molar refractivity (Wildman–Crippen MR) is 213 cm³/mol. The maximum absolute atomic E-state index is 12.6. The summed E-state index contributed by atoms with van der Waals surface area (Å²) in [6, 6.07) is 0. The number of carboxylic acid groups (broad SMARTS) is 1. The van der Waals surface area contributed by atoms with Gasteiger partial charge in [-0.2, -0.15) is 0 Å². The van der Waals surface area contributed by atoms with Crippen molar-refractivity contribution in [2.45, 2.75) is 225 Å². The number of carboxylic acids is 1. The van der Waals surface area contributed by atoms with E-state index in [0.717, 1.165) is 57.8 Å². The molecule has 0 aliphatic carbocycles. The number of allylic oxidation sites excluding steroid dienone is 7. The fraction of sp³-hybridized carbons (Fsp3) is 0.778. The molecule has 0 rings (SSSR count). The molecule has 0 heterocycles. The summed E-state index contributed by atoms with van der Waals surface area (Å²) in [5.74, 6) is -0.853. The Kier molecular flexibility index (Phi) is 38.6. The molecule has 49 heavy (non-hydrogen) atoms. The first kappa shape index (κ1) is 46.9. The maximum Gasteiger partial charge on any atom is 0.306 e. The van der Waals surface area contributed by atoms with Crippen LogP contribution in [0.3, 0.4) is 0 Å². The number of hydrogen-bond donors (Lipinski definition) is 1. The minimum Gasteiger partial charge on any atom is -0.481 e. The topological polar surface area (TPSA) is 63.6 Å². The standard InChI is InChI=1S/C45H80O4/c1-3-5-7-9-11-13-15-16-17-18-19-20-21-22-23-24-25-27-29-31-33-38-42-45(48)49-43(40-36-34-37-41-44(46)47)39-35-32-30-28-26-14-12-10-8-6-4-2/h6,8,12,14,28,30,35,39,43H,3-5,7,9-11,13,15-27,29,31-34,36-38,40-42H2,1-2H3,(H,46,47)/b8-6-,14-12-,30-28-,39-35-. The lowest BCUT2D eigenvalue weighted by Crippen LogP contribution is -2.16. The summed E-state index contributed by atoms with van der Waals surface area (Å²) in [4.78, 5) is 23.4. The normalized spacial score (nSPS) is 12.7. The van der Waals surface area contributed by atoms with E-state index in [0.29, 0.717) is 12.8 Å². The molecule has 1 N–H and O–H groups in total. The molecule has 0 amide bonds. The van der Waals surface area contributed by atoms with Gasteiger partial charge in [0.25, 0.3) is 0 Å². The summed E-state index contributed by atoms with van der Waals surface area (Å²) in [6.45, 7) is 4.44. The second-order valence-electron chi connectivity index (χ2n) is 14.2. The number of aliphatic carboxylic acids is 1. The molecule has 284 valence electrons. The van der Waals surface area contributed by atoms with E-state index in [1.54, 1.807) is 0 Å². The number of rotatable bonds is 38. The SMILES string of the molecule is CC/C=C\C/C=C\C/C=C\C/C=C\C(CCCCCC(=O)O)OC(=O)CCCCCCCCCCCCCCCCCCCCCCCC. The molecule has 0 aliphatic rings. The summed E-state index contributed by atoms with van der Waals surface area (Å²) in [5.41, 5.74) is 0. The quantitative estimate of drug-likeness (QED) is 0.0399. The molecule has 0 aromatic rings. The number of carbonyl (C=O) groups is 2. The summed E-state index contributed by atoms with van der Waals surface area (Å²) >= 11 is 0. The fourth-order valence-electron chi connectivity index (χ4n) is 6.21. The lowest BCUT2D eigenvalue weighted by molar-refractivity contribution is -0.147. The Hall–Kier alpha value is -2.10. The molecule has 1 unspecified atom stereocenters. The van der Waals surface area contributed by atoms with Gasteiger partial charge in [-0.3, -0.25) is 9.59 Å². The van der Waals surface area contributed by atoms with Gasteiger partial charge in [-0.1, -0.05) is 198 Å². The zero-order valence-electron chi connectivity index (χ0n) is 32.5. The van der Waals surface area contributed by atoms with Crippen LogP contribution in [-0.2, 0) is 14.3 Å². The molecular weight excluding hydrogens is 604 g/mol. The molecule has 0 fully saturated rings. The monoisotopic (exact) mass is 685 g/mol. The van der Waals surface area contributed by atoms with E-state index in [4.69, 9.17) is 9.84 Å². The Morgan fingerprint density at radius 3 is 1.27 bits per heavy atom. The fourth-order valence-corrected chi connectivity index (χ4v) is 6.21. The van der Waals surface area contributed by atoms with Crippen LogP contribution in [0.15, 0.2) is 48.6 Å². The number of esters is 1. The van der Waals surface area contributed by atoms with Gasteiger partial charge in [-0.15, -0.1) is 0 Å². The van der Waals surface area contributed by atoms with Crippen LogP contribution in [0.4, 0.5) is 0 Å². The van der Waals surface area contributed by atoms with Gasteiger partial charge in [0, 0.05) is 12.8 Å². The van der Waals surface area contributed by atoms with E-state index < -0.39 is 5.97 Å². The molecule has 4 heteroatoms. The average molecular weight is 685 g/mol. The van der Waals surface area contributed by atoms with Crippen molar-refractivity contribution in [3.8, 4) is 0 Å². The van der Waals surface area contributed by atoms with Gasteiger partial charge in [0.1, 0.15) is 6.10 Å². The summed E-state index contributed by atoms with van der Waals surface area (Å²) in [5, 5.41) is 8.88. The largest absolute Gasteiger partial charge is 0.481 e. The molecular formula is C45H80O4. The Morgan fingerprint density at radius 1 is 0.469 bits per heavy atom. The van der Waals surface area contributed by atoms with Crippen LogP contribution in [0.1, 0.15) is 219 Å². The van der Waals surface area contributed by atoms with E-state index in [-0.39, 0.29) is 18.5 Å². The van der Waals surface area contributed by atoms with E-state index >= 15 is 0 Å². The number of ether oxygens (including phenoxy) is 1. The molecule has 0 radical (unpaired) electrons. The van der Waals surface area contributed by atoms with Crippen molar-refractivity contribution in [2.24, 2.45) is 0 Å².